The standard InChI is InChI=1S/C24H13BrN4O5/c1-11-6-7-14(31-11)17-18-20(12-4-2-3-5-13(12)33-24(18)30)34-23-19(17)22-27-21(28-29(22)10-26-23)15-8-9-16(25)32-15/h2-10,17H,1H3. The Morgan fingerprint density at radius 2 is 1.88 bits per heavy atom. The fourth-order valence-corrected chi connectivity index (χ4v) is 4.67. The van der Waals surface area contributed by atoms with Crippen LogP contribution in [0.3, 0.4) is 0 Å². The molecule has 0 radical (unpaired) electrons. The molecule has 9 nitrogen and oxygen atoms in total. The molecule has 166 valence electrons. The fraction of sp³-hybridized carbons (Fsp3) is 0.0833. The van der Waals surface area contributed by atoms with Gasteiger partial charge in [0, 0.05) is 0 Å². The fourth-order valence-electron chi connectivity index (χ4n) is 4.36. The number of rotatable bonds is 2. The van der Waals surface area contributed by atoms with Gasteiger partial charge in [0.05, 0.1) is 22.4 Å². The van der Waals surface area contributed by atoms with Crippen molar-refractivity contribution in [2.45, 2.75) is 12.8 Å². The Labute approximate surface area is 198 Å². The van der Waals surface area contributed by atoms with Crippen LogP contribution < -0.4 is 10.4 Å². The van der Waals surface area contributed by atoms with E-state index in [1.54, 1.807) is 24.3 Å². The maximum Gasteiger partial charge on any atom is 0.344 e. The zero-order valence-corrected chi connectivity index (χ0v) is 19.1. The molecule has 1 aromatic carbocycles. The number of ether oxygens (including phenoxy) is 1. The van der Waals surface area contributed by atoms with Crippen LogP contribution in [0, 0.1) is 6.92 Å². The molecule has 1 unspecified atom stereocenters. The number of hydrogen-bond donors (Lipinski definition) is 0. The lowest BCUT2D eigenvalue weighted by Crippen LogP contribution is -2.22. The molecule has 5 aromatic heterocycles. The van der Waals surface area contributed by atoms with Crippen LogP contribution in [0.15, 0.2) is 77.6 Å². The zero-order chi connectivity index (χ0) is 23.0. The van der Waals surface area contributed by atoms with Gasteiger partial charge in [0.1, 0.15) is 23.4 Å². The minimum Gasteiger partial charge on any atom is -0.465 e. The molecule has 0 saturated carbocycles. The Kier molecular flexibility index (Phi) is 3.92. The molecule has 0 spiro atoms. The van der Waals surface area contributed by atoms with E-state index in [0.717, 1.165) is 0 Å². The van der Waals surface area contributed by atoms with Crippen LogP contribution in [0.2, 0.25) is 0 Å². The number of fused-ring (bicyclic) bond motifs is 6. The quantitative estimate of drug-likeness (QED) is 0.279. The van der Waals surface area contributed by atoms with Crippen molar-refractivity contribution in [1.29, 1.82) is 0 Å². The van der Waals surface area contributed by atoms with E-state index < -0.39 is 11.5 Å². The van der Waals surface area contributed by atoms with E-state index in [2.05, 4.69) is 26.0 Å². The third-order valence-electron chi connectivity index (χ3n) is 5.80. The molecule has 0 aliphatic carbocycles. The number of aryl methyl sites for hydroxylation is 1. The minimum absolute atomic E-state index is 0.314. The Morgan fingerprint density at radius 1 is 1.00 bits per heavy atom. The number of nitrogens with zero attached hydrogens (tertiary/aromatic N) is 4. The van der Waals surface area contributed by atoms with Crippen molar-refractivity contribution in [3.8, 4) is 23.2 Å². The molecule has 7 rings (SSSR count). The average molecular weight is 517 g/mol. The highest BCUT2D eigenvalue weighted by Crippen LogP contribution is 2.49. The van der Waals surface area contributed by atoms with Crippen LogP contribution >= 0.6 is 15.9 Å². The van der Waals surface area contributed by atoms with Gasteiger partial charge >= 0.3 is 5.63 Å². The molecule has 6 heterocycles. The highest BCUT2D eigenvalue weighted by Gasteiger charge is 2.39. The lowest BCUT2D eigenvalue weighted by Gasteiger charge is -2.25. The second-order valence-corrected chi connectivity index (χ2v) is 8.66. The Bertz CT molecular complexity index is 1810. The Hall–Kier alpha value is -4.18. The summed E-state index contributed by atoms with van der Waals surface area (Å²) in [4.78, 5) is 22.5. The van der Waals surface area contributed by atoms with E-state index in [4.69, 9.17) is 23.0 Å². The van der Waals surface area contributed by atoms with Crippen molar-refractivity contribution in [2.24, 2.45) is 0 Å². The summed E-state index contributed by atoms with van der Waals surface area (Å²) in [5.74, 6) is 2.15. The molecule has 34 heavy (non-hydrogen) atoms. The van der Waals surface area contributed by atoms with Gasteiger partial charge in [0.15, 0.2) is 21.8 Å². The second kappa shape index (κ2) is 6.91. The van der Waals surface area contributed by atoms with Gasteiger partial charge < -0.3 is 18.0 Å². The van der Waals surface area contributed by atoms with E-state index in [9.17, 15) is 4.79 Å². The van der Waals surface area contributed by atoms with Crippen LogP contribution in [0.25, 0.3) is 28.2 Å². The molecule has 0 bridgehead atoms. The minimum atomic E-state index is -0.662. The first kappa shape index (κ1) is 19.3. The maximum absolute atomic E-state index is 13.3. The normalized spacial score (nSPS) is 14.8. The molecule has 1 aliphatic rings. The van der Waals surface area contributed by atoms with E-state index in [1.807, 2.05) is 31.2 Å². The van der Waals surface area contributed by atoms with Crippen LogP contribution in [-0.4, -0.2) is 19.6 Å². The first-order valence-electron chi connectivity index (χ1n) is 10.4. The van der Waals surface area contributed by atoms with Crippen LogP contribution in [0.4, 0.5) is 0 Å². The SMILES string of the molecule is Cc1ccc(C2c3c(c4ccccc4oc3=O)Oc3ncn4nc(-c5ccc(Br)o5)nc4c32)o1. The first-order valence-corrected chi connectivity index (χ1v) is 11.2. The summed E-state index contributed by atoms with van der Waals surface area (Å²) in [6, 6.07) is 14.4. The largest absolute Gasteiger partial charge is 0.465 e. The molecule has 10 heteroatoms. The highest BCUT2D eigenvalue weighted by molar-refractivity contribution is 9.10. The van der Waals surface area contributed by atoms with Gasteiger partial charge in [-0.05, 0) is 59.3 Å². The van der Waals surface area contributed by atoms with E-state index in [-0.39, 0.29) is 0 Å². The van der Waals surface area contributed by atoms with Gasteiger partial charge in [0.25, 0.3) is 0 Å². The summed E-state index contributed by atoms with van der Waals surface area (Å²) in [5, 5.41) is 5.17. The maximum atomic E-state index is 13.3. The number of aromatic nitrogens is 4. The summed E-state index contributed by atoms with van der Waals surface area (Å²) < 4.78 is 25.6. The van der Waals surface area contributed by atoms with Gasteiger partial charge in [0.2, 0.25) is 11.7 Å². The Balaban J connectivity index is 1.56. The van der Waals surface area contributed by atoms with Crippen LogP contribution in [0.1, 0.15) is 28.6 Å². The summed E-state index contributed by atoms with van der Waals surface area (Å²) >= 11 is 3.30. The van der Waals surface area contributed by atoms with Gasteiger partial charge in [-0.2, -0.15) is 0 Å². The molecular weight excluding hydrogens is 504 g/mol. The monoisotopic (exact) mass is 516 g/mol. The van der Waals surface area contributed by atoms with E-state index in [0.29, 0.717) is 67.1 Å². The van der Waals surface area contributed by atoms with Crippen molar-refractivity contribution in [3.63, 3.8) is 0 Å². The third-order valence-corrected chi connectivity index (χ3v) is 6.23. The van der Waals surface area contributed by atoms with Gasteiger partial charge in [-0.1, -0.05) is 12.1 Å². The lowest BCUT2D eigenvalue weighted by molar-refractivity contribution is 0.402. The van der Waals surface area contributed by atoms with Crippen LogP contribution in [0.5, 0.6) is 11.6 Å². The molecule has 1 aliphatic heterocycles. The number of halogens is 1. The van der Waals surface area contributed by atoms with E-state index in [1.165, 1.54) is 10.8 Å². The second-order valence-electron chi connectivity index (χ2n) is 7.88. The summed E-state index contributed by atoms with van der Waals surface area (Å²) in [6.07, 6.45) is 1.52. The summed E-state index contributed by atoms with van der Waals surface area (Å²) in [5.41, 5.74) is 1.25. The predicted octanol–water partition coefficient (Wildman–Crippen LogP) is 5.44. The van der Waals surface area contributed by atoms with Crippen molar-refractivity contribution in [2.75, 3.05) is 0 Å². The van der Waals surface area contributed by atoms with Gasteiger partial charge in [-0.25, -0.2) is 19.3 Å². The van der Waals surface area contributed by atoms with E-state index >= 15 is 0 Å². The predicted molar refractivity (Wildman–Crippen MR) is 123 cm³/mol. The number of para-hydroxylation sites is 1. The van der Waals surface area contributed by atoms with Crippen molar-refractivity contribution in [1.82, 2.24) is 19.6 Å². The molecule has 1 atom stereocenters. The number of hydrogen-bond acceptors (Lipinski definition) is 8. The third kappa shape index (κ3) is 2.72. The van der Waals surface area contributed by atoms with Crippen molar-refractivity contribution < 1.29 is 18.0 Å². The highest BCUT2D eigenvalue weighted by atomic mass is 79.9. The molecular formula is C24H13BrN4O5. The van der Waals surface area contributed by atoms with Crippen LogP contribution in [-0.2, 0) is 0 Å². The molecule has 6 aromatic rings. The van der Waals surface area contributed by atoms with Crippen molar-refractivity contribution >= 4 is 32.5 Å². The molecule has 0 saturated heterocycles. The molecule has 0 amide bonds. The average Bonchev–Trinajstić information content (AvgIpc) is 3.57. The Morgan fingerprint density at radius 3 is 2.68 bits per heavy atom. The molecule has 0 fully saturated rings. The van der Waals surface area contributed by atoms with Gasteiger partial charge in [-0.3, -0.25) is 0 Å². The topological polar surface area (TPSA) is 109 Å². The summed E-state index contributed by atoms with van der Waals surface area (Å²) in [6.45, 7) is 1.84. The smallest absolute Gasteiger partial charge is 0.344 e. The van der Waals surface area contributed by atoms with Crippen molar-refractivity contribution in [3.05, 3.63) is 92.6 Å². The van der Waals surface area contributed by atoms with Gasteiger partial charge in [-0.15, -0.1) is 5.10 Å². The number of benzene rings is 1. The zero-order valence-electron chi connectivity index (χ0n) is 17.5. The summed E-state index contributed by atoms with van der Waals surface area (Å²) in [7, 11) is 0. The number of furan rings is 2. The molecule has 0 N–H and O–H groups in total. The lowest BCUT2D eigenvalue weighted by atomic mass is 9.88. The first-order chi connectivity index (χ1) is 16.6.